The topological polar surface area (TPSA) is 3.24 Å². The van der Waals surface area contributed by atoms with Gasteiger partial charge in [0.15, 0.2) is 0 Å². The summed E-state index contributed by atoms with van der Waals surface area (Å²) >= 11 is 0. The maximum absolute atomic E-state index is 3.91. The third-order valence-corrected chi connectivity index (χ3v) is 4.86. The lowest BCUT2D eigenvalue weighted by atomic mass is 10.0. The third kappa shape index (κ3) is 4.64. The van der Waals surface area contributed by atoms with Crippen molar-refractivity contribution in [3.63, 3.8) is 0 Å². The van der Waals surface area contributed by atoms with Gasteiger partial charge in [0, 0.05) is 17.1 Å². The molecule has 0 atom stereocenters. The molecule has 144 valence electrons. The number of para-hydroxylation sites is 1. The number of rotatable bonds is 7. The van der Waals surface area contributed by atoms with Gasteiger partial charge in [0.1, 0.15) is 0 Å². The number of hydrogen-bond donors (Lipinski definition) is 0. The highest BCUT2D eigenvalue weighted by molar-refractivity contribution is 5.81. The van der Waals surface area contributed by atoms with Crippen LogP contribution in [0.25, 0.3) is 11.6 Å². The van der Waals surface area contributed by atoms with Gasteiger partial charge in [0.25, 0.3) is 0 Å². The Labute approximate surface area is 174 Å². The van der Waals surface area contributed by atoms with Crippen molar-refractivity contribution in [1.29, 1.82) is 0 Å². The fourth-order valence-electron chi connectivity index (χ4n) is 3.36. The van der Waals surface area contributed by atoms with E-state index in [1.807, 2.05) is 25.1 Å². The lowest BCUT2D eigenvalue weighted by Crippen LogP contribution is -2.10. The summed E-state index contributed by atoms with van der Waals surface area (Å²) in [5, 5.41) is 0. The molecule has 0 aromatic heterocycles. The van der Waals surface area contributed by atoms with Crippen LogP contribution in [-0.2, 0) is 0 Å². The molecular formula is C28H27N. The fourth-order valence-corrected chi connectivity index (χ4v) is 3.36. The molecule has 3 aromatic rings. The molecule has 0 aliphatic heterocycles. The number of nitrogens with zero attached hydrogens (tertiary/aromatic N) is 1. The van der Waals surface area contributed by atoms with Crippen LogP contribution in [0.15, 0.2) is 110 Å². The molecule has 0 unspecified atom stereocenters. The summed E-state index contributed by atoms with van der Waals surface area (Å²) in [6, 6.07) is 25.6. The minimum atomic E-state index is 1.06. The third-order valence-electron chi connectivity index (χ3n) is 4.86. The average molecular weight is 378 g/mol. The van der Waals surface area contributed by atoms with Crippen LogP contribution in [-0.4, -0.2) is 0 Å². The maximum atomic E-state index is 3.91. The number of aryl methyl sites for hydroxylation is 1. The van der Waals surface area contributed by atoms with Gasteiger partial charge in [-0.3, -0.25) is 0 Å². The fraction of sp³-hybridized carbons (Fsp3) is 0.0714. The molecule has 0 spiro atoms. The van der Waals surface area contributed by atoms with Crippen molar-refractivity contribution in [3.8, 4) is 0 Å². The van der Waals surface area contributed by atoms with Gasteiger partial charge in [0.05, 0.1) is 0 Å². The summed E-state index contributed by atoms with van der Waals surface area (Å²) in [5.41, 5.74) is 8.04. The Morgan fingerprint density at radius 1 is 0.828 bits per heavy atom. The first kappa shape index (κ1) is 20.2. The van der Waals surface area contributed by atoms with Crippen molar-refractivity contribution in [3.05, 3.63) is 127 Å². The summed E-state index contributed by atoms with van der Waals surface area (Å²) in [6.45, 7) is 11.9. The Balaban J connectivity index is 2.11. The number of benzene rings is 3. The second-order valence-electron chi connectivity index (χ2n) is 6.82. The molecule has 3 aromatic carbocycles. The zero-order chi connectivity index (χ0) is 20.6. The van der Waals surface area contributed by atoms with E-state index in [1.165, 1.54) is 11.1 Å². The largest absolute Gasteiger partial charge is 0.310 e. The first-order valence-corrected chi connectivity index (χ1v) is 9.82. The molecule has 0 amide bonds. The second-order valence-corrected chi connectivity index (χ2v) is 6.82. The van der Waals surface area contributed by atoms with Crippen LogP contribution >= 0.6 is 0 Å². The monoisotopic (exact) mass is 377 g/mol. The molecule has 0 aliphatic carbocycles. The van der Waals surface area contributed by atoms with Gasteiger partial charge >= 0.3 is 0 Å². The van der Waals surface area contributed by atoms with Crippen LogP contribution in [0.5, 0.6) is 0 Å². The van der Waals surface area contributed by atoms with E-state index in [0.717, 1.165) is 28.2 Å². The van der Waals surface area contributed by atoms with E-state index >= 15 is 0 Å². The van der Waals surface area contributed by atoms with Gasteiger partial charge < -0.3 is 4.90 Å². The highest BCUT2D eigenvalue weighted by Crippen LogP contribution is 2.36. The zero-order valence-electron chi connectivity index (χ0n) is 17.2. The van der Waals surface area contributed by atoms with E-state index in [0.29, 0.717) is 0 Å². The first-order chi connectivity index (χ1) is 14.2. The SMILES string of the molecule is C=C/C=C(\C=C)c1ccc(N(c2ccccc2)c2ccc(C)c(/C=C\C)c2)cc1. The predicted octanol–water partition coefficient (Wildman–Crippen LogP) is 8.25. The Morgan fingerprint density at radius 3 is 2.10 bits per heavy atom. The van der Waals surface area contributed by atoms with Crippen molar-refractivity contribution < 1.29 is 0 Å². The molecule has 0 fully saturated rings. The molecule has 0 N–H and O–H groups in total. The van der Waals surface area contributed by atoms with Crippen LogP contribution in [0.4, 0.5) is 17.1 Å². The van der Waals surface area contributed by atoms with Crippen LogP contribution < -0.4 is 4.90 Å². The van der Waals surface area contributed by atoms with E-state index in [2.05, 4.69) is 104 Å². The van der Waals surface area contributed by atoms with Crippen molar-refractivity contribution in [2.45, 2.75) is 13.8 Å². The van der Waals surface area contributed by atoms with Crippen LogP contribution in [0.3, 0.4) is 0 Å². The van der Waals surface area contributed by atoms with E-state index in [4.69, 9.17) is 0 Å². The molecule has 0 bridgehead atoms. The van der Waals surface area contributed by atoms with E-state index in [-0.39, 0.29) is 0 Å². The van der Waals surface area contributed by atoms with Crippen molar-refractivity contribution in [1.82, 2.24) is 0 Å². The Bertz CT molecular complexity index is 1040. The van der Waals surface area contributed by atoms with E-state index in [9.17, 15) is 0 Å². The highest BCUT2D eigenvalue weighted by atomic mass is 15.1. The smallest absolute Gasteiger partial charge is 0.0467 e. The van der Waals surface area contributed by atoms with Gasteiger partial charge in [-0.1, -0.05) is 79.9 Å². The van der Waals surface area contributed by atoms with Crippen LogP contribution in [0.2, 0.25) is 0 Å². The first-order valence-electron chi connectivity index (χ1n) is 9.82. The molecule has 0 radical (unpaired) electrons. The molecule has 3 rings (SSSR count). The van der Waals surface area contributed by atoms with Gasteiger partial charge in [-0.15, -0.1) is 0 Å². The minimum Gasteiger partial charge on any atom is -0.310 e. The van der Waals surface area contributed by atoms with E-state index < -0.39 is 0 Å². The van der Waals surface area contributed by atoms with Gasteiger partial charge in [-0.2, -0.15) is 0 Å². The molecule has 0 saturated carbocycles. The summed E-state index contributed by atoms with van der Waals surface area (Å²) in [7, 11) is 0. The van der Waals surface area contributed by atoms with Crippen LogP contribution in [0.1, 0.15) is 23.6 Å². The standard InChI is InChI=1S/C28H27N/c1-5-11-23(7-3)24-16-19-27(20-17-24)29(26-13-9-8-10-14-26)28-18-15-22(4)25(21-28)12-6-2/h5-21H,1,3H2,2,4H3/b12-6-,23-11+. The van der Waals surface area contributed by atoms with Gasteiger partial charge in [-0.05, 0) is 72.5 Å². The maximum Gasteiger partial charge on any atom is 0.0467 e. The summed E-state index contributed by atoms with van der Waals surface area (Å²) in [6.07, 6.45) is 9.85. The van der Waals surface area contributed by atoms with Gasteiger partial charge in [-0.25, -0.2) is 0 Å². The Morgan fingerprint density at radius 2 is 1.48 bits per heavy atom. The molecular weight excluding hydrogens is 350 g/mol. The normalized spacial score (nSPS) is 11.4. The molecule has 1 heteroatoms. The summed E-state index contributed by atoms with van der Waals surface area (Å²) in [4.78, 5) is 2.28. The van der Waals surface area contributed by atoms with Crippen molar-refractivity contribution in [2.75, 3.05) is 4.90 Å². The number of hydrogen-bond acceptors (Lipinski definition) is 1. The molecule has 0 heterocycles. The van der Waals surface area contributed by atoms with E-state index in [1.54, 1.807) is 6.08 Å². The molecule has 0 aliphatic rings. The minimum absolute atomic E-state index is 1.06. The van der Waals surface area contributed by atoms with Gasteiger partial charge in [0.2, 0.25) is 0 Å². The lowest BCUT2D eigenvalue weighted by molar-refractivity contribution is 1.27. The predicted molar refractivity (Wildman–Crippen MR) is 129 cm³/mol. The van der Waals surface area contributed by atoms with Crippen LogP contribution in [0, 0.1) is 6.92 Å². The number of allylic oxidation sites excluding steroid dienone is 5. The molecule has 29 heavy (non-hydrogen) atoms. The summed E-state index contributed by atoms with van der Waals surface area (Å²) in [5.74, 6) is 0. The quantitative estimate of drug-likeness (QED) is 0.375. The zero-order valence-corrected chi connectivity index (χ0v) is 17.2. The number of anilines is 3. The lowest BCUT2D eigenvalue weighted by Gasteiger charge is -2.26. The second kappa shape index (κ2) is 9.57. The van der Waals surface area contributed by atoms with Crippen molar-refractivity contribution >= 4 is 28.7 Å². The molecule has 1 nitrogen and oxygen atoms in total. The molecule has 0 saturated heterocycles. The average Bonchev–Trinajstić information content (AvgIpc) is 2.76. The highest BCUT2D eigenvalue weighted by Gasteiger charge is 2.13. The summed E-state index contributed by atoms with van der Waals surface area (Å²) < 4.78 is 0. The van der Waals surface area contributed by atoms with Crippen molar-refractivity contribution in [2.24, 2.45) is 0 Å². The Hall–Kier alpha value is -3.58. The Kier molecular flexibility index (Phi) is 6.65.